The van der Waals surface area contributed by atoms with Gasteiger partial charge in [-0.05, 0) is 44.7 Å². The summed E-state index contributed by atoms with van der Waals surface area (Å²) in [6.45, 7) is 9.91. The van der Waals surface area contributed by atoms with Crippen molar-refractivity contribution in [2.75, 3.05) is 6.61 Å². The number of fused-ring (bicyclic) bond motifs is 1. The molecule has 3 nitrogen and oxygen atoms in total. The normalized spacial score (nSPS) is 11.8. The average molecular weight is 258 g/mol. The zero-order chi connectivity index (χ0) is 13.9. The topological polar surface area (TPSA) is 34.1 Å². The van der Waals surface area contributed by atoms with Gasteiger partial charge in [-0.3, -0.25) is 0 Å². The highest BCUT2D eigenvalue weighted by atomic mass is 16.5. The molecule has 0 radical (unpaired) electrons. The molecule has 0 fully saturated rings. The van der Waals surface area contributed by atoms with E-state index in [9.17, 15) is 0 Å². The zero-order valence-electron chi connectivity index (χ0n) is 12.2. The maximum absolute atomic E-state index is 5.59. The molecule has 0 aliphatic heterocycles. The molecule has 1 aromatic heterocycles. The molecule has 1 N–H and O–H groups in total. The molecule has 0 aliphatic carbocycles. The molecule has 0 bridgehead atoms. The Morgan fingerprint density at radius 1 is 1.16 bits per heavy atom. The van der Waals surface area contributed by atoms with Crippen molar-refractivity contribution in [3.05, 3.63) is 36.0 Å². The fourth-order valence-electron chi connectivity index (χ4n) is 1.98. The van der Waals surface area contributed by atoms with Crippen molar-refractivity contribution in [1.29, 1.82) is 0 Å². The highest BCUT2D eigenvalue weighted by Gasteiger charge is 2.12. The predicted molar refractivity (Wildman–Crippen MR) is 79.5 cm³/mol. The van der Waals surface area contributed by atoms with Crippen molar-refractivity contribution in [3.63, 3.8) is 0 Å². The minimum Gasteiger partial charge on any atom is -0.478 e. The third-order valence-electron chi connectivity index (χ3n) is 2.93. The molecule has 0 unspecified atom stereocenters. The monoisotopic (exact) mass is 258 g/mol. The molecule has 1 heterocycles. The van der Waals surface area contributed by atoms with Gasteiger partial charge in [-0.25, -0.2) is 4.98 Å². The van der Waals surface area contributed by atoms with Crippen molar-refractivity contribution in [1.82, 2.24) is 10.3 Å². The molecule has 1 aromatic carbocycles. The minimum atomic E-state index is 0.0969. The van der Waals surface area contributed by atoms with Crippen molar-refractivity contribution in [3.8, 4) is 5.88 Å². The molecule has 0 aliphatic rings. The van der Waals surface area contributed by atoms with Gasteiger partial charge in [0.2, 0.25) is 5.88 Å². The first-order valence-corrected chi connectivity index (χ1v) is 6.75. The number of benzene rings is 1. The minimum absolute atomic E-state index is 0.0969. The smallest absolute Gasteiger partial charge is 0.221 e. The summed E-state index contributed by atoms with van der Waals surface area (Å²) in [7, 11) is 0. The molecule has 0 saturated carbocycles. The second-order valence-corrected chi connectivity index (χ2v) is 5.67. The van der Waals surface area contributed by atoms with Crippen LogP contribution in [-0.4, -0.2) is 17.1 Å². The molecule has 19 heavy (non-hydrogen) atoms. The molecular formula is C16H22N2O. The van der Waals surface area contributed by atoms with E-state index in [-0.39, 0.29) is 5.54 Å². The number of ether oxygens (including phenoxy) is 1. The number of pyridine rings is 1. The zero-order valence-corrected chi connectivity index (χ0v) is 12.2. The van der Waals surface area contributed by atoms with E-state index in [4.69, 9.17) is 4.74 Å². The Morgan fingerprint density at radius 2 is 1.84 bits per heavy atom. The van der Waals surface area contributed by atoms with Gasteiger partial charge in [-0.2, -0.15) is 0 Å². The van der Waals surface area contributed by atoms with Gasteiger partial charge in [-0.1, -0.05) is 18.2 Å². The van der Waals surface area contributed by atoms with Crippen molar-refractivity contribution in [2.45, 2.75) is 39.8 Å². The third-order valence-corrected chi connectivity index (χ3v) is 2.93. The summed E-state index contributed by atoms with van der Waals surface area (Å²) in [5.74, 6) is 0.720. The summed E-state index contributed by atoms with van der Waals surface area (Å²) >= 11 is 0. The Labute approximate surface area is 115 Å². The summed E-state index contributed by atoms with van der Waals surface area (Å²) in [6, 6.07) is 8.26. The first-order chi connectivity index (χ1) is 9.01. The first-order valence-electron chi connectivity index (χ1n) is 6.75. The van der Waals surface area contributed by atoms with E-state index in [1.165, 1.54) is 10.9 Å². The standard InChI is InChI=1S/C16H22N2O/c1-5-19-15-14-9-7-6-8-13(14)12(10-17-15)11-18-16(2,3)4/h6-10,18H,5,11H2,1-4H3. The van der Waals surface area contributed by atoms with E-state index in [0.717, 1.165) is 17.8 Å². The quantitative estimate of drug-likeness (QED) is 0.911. The van der Waals surface area contributed by atoms with Crippen LogP contribution in [0.4, 0.5) is 0 Å². The van der Waals surface area contributed by atoms with Crippen LogP contribution in [0.25, 0.3) is 10.8 Å². The van der Waals surface area contributed by atoms with Crippen LogP contribution in [0.15, 0.2) is 30.5 Å². The number of nitrogens with zero attached hydrogens (tertiary/aromatic N) is 1. The molecule has 0 saturated heterocycles. The van der Waals surface area contributed by atoms with Crippen LogP contribution in [0.1, 0.15) is 33.3 Å². The van der Waals surface area contributed by atoms with Gasteiger partial charge in [-0.15, -0.1) is 0 Å². The number of rotatable bonds is 4. The maximum atomic E-state index is 5.59. The van der Waals surface area contributed by atoms with Gasteiger partial charge in [0.1, 0.15) is 0 Å². The molecule has 0 spiro atoms. The lowest BCUT2D eigenvalue weighted by molar-refractivity contribution is 0.331. The lowest BCUT2D eigenvalue weighted by Crippen LogP contribution is -2.35. The van der Waals surface area contributed by atoms with Crippen molar-refractivity contribution in [2.24, 2.45) is 0 Å². The van der Waals surface area contributed by atoms with E-state index >= 15 is 0 Å². The summed E-state index contributed by atoms with van der Waals surface area (Å²) < 4.78 is 5.59. The van der Waals surface area contributed by atoms with Crippen LogP contribution >= 0.6 is 0 Å². The molecule has 102 valence electrons. The maximum Gasteiger partial charge on any atom is 0.221 e. The summed E-state index contributed by atoms with van der Waals surface area (Å²) in [5, 5.41) is 5.79. The van der Waals surface area contributed by atoms with Gasteiger partial charge < -0.3 is 10.1 Å². The second-order valence-electron chi connectivity index (χ2n) is 5.67. The van der Waals surface area contributed by atoms with E-state index in [1.54, 1.807) is 0 Å². The molecular weight excluding hydrogens is 236 g/mol. The number of aromatic nitrogens is 1. The van der Waals surface area contributed by atoms with Crippen LogP contribution < -0.4 is 10.1 Å². The first kappa shape index (κ1) is 13.8. The molecule has 2 rings (SSSR count). The van der Waals surface area contributed by atoms with E-state index in [1.807, 2.05) is 19.2 Å². The lowest BCUT2D eigenvalue weighted by atomic mass is 10.1. The van der Waals surface area contributed by atoms with Crippen LogP contribution in [0.3, 0.4) is 0 Å². The fourth-order valence-corrected chi connectivity index (χ4v) is 1.98. The van der Waals surface area contributed by atoms with Crippen LogP contribution in [-0.2, 0) is 6.54 Å². The Kier molecular flexibility index (Phi) is 4.05. The predicted octanol–water partition coefficient (Wildman–Crippen LogP) is 3.52. The molecule has 2 aromatic rings. The number of hydrogen-bond donors (Lipinski definition) is 1. The fraction of sp³-hybridized carbons (Fsp3) is 0.438. The van der Waals surface area contributed by atoms with Crippen molar-refractivity contribution >= 4 is 10.8 Å². The van der Waals surface area contributed by atoms with Crippen LogP contribution in [0, 0.1) is 0 Å². The molecule has 0 atom stereocenters. The third kappa shape index (κ3) is 3.44. The van der Waals surface area contributed by atoms with Crippen LogP contribution in [0.5, 0.6) is 5.88 Å². The SMILES string of the molecule is CCOc1ncc(CNC(C)(C)C)c2ccccc12. The Bertz CT molecular complexity index is 558. The average Bonchev–Trinajstić information content (AvgIpc) is 2.37. The van der Waals surface area contributed by atoms with E-state index < -0.39 is 0 Å². The van der Waals surface area contributed by atoms with Gasteiger partial charge in [0.05, 0.1) is 6.61 Å². The summed E-state index contributed by atoms with van der Waals surface area (Å²) in [6.07, 6.45) is 1.91. The highest BCUT2D eigenvalue weighted by molar-refractivity contribution is 5.89. The highest BCUT2D eigenvalue weighted by Crippen LogP contribution is 2.26. The van der Waals surface area contributed by atoms with Gasteiger partial charge in [0.15, 0.2) is 0 Å². The second kappa shape index (κ2) is 5.57. The van der Waals surface area contributed by atoms with Gasteiger partial charge in [0.25, 0.3) is 0 Å². The van der Waals surface area contributed by atoms with Crippen molar-refractivity contribution < 1.29 is 4.74 Å². The van der Waals surface area contributed by atoms with Crippen LogP contribution in [0.2, 0.25) is 0 Å². The Balaban J connectivity index is 2.38. The van der Waals surface area contributed by atoms with Gasteiger partial charge >= 0.3 is 0 Å². The lowest BCUT2D eigenvalue weighted by Gasteiger charge is -2.21. The largest absolute Gasteiger partial charge is 0.478 e. The summed E-state index contributed by atoms with van der Waals surface area (Å²) in [5.41, 5.74) is 1.30. The molecule has 0 amide bonds. The van der Waals surface area contributed by atoms with Gasteiger partial charge in [0, 0.05) is 23.7 Å². The number of nitrogens with one attached hydrogen (secondary N) is 1. The van der Waals surface area contributed by atoms with E-state index in [0.29, 0.717) is 6.61 Å². The number of hydrogen-bond acceptors (Lipinski definition) is 3. The molecule has 3 heteroatoms. The summed E-state index contributed by atoms with van der Waals surface area (Å²) in [4.78, 5) is 4.44. The Morgan fingerprint density at radius 3 is 2.47 bits per heavy atom. The Hall–Kier alpha value is -1.61. The van der Waals surface area contributed by atoms with E-state index in [2.05, 4.69) is 49.3 Å².